The van der Waals surface area contributed by atoms with Gasteiger partial charge >= 0.3 is 5.97 Å². The maximum Gasteiger partial charge on any atom is 0.338 e. The van der Waals surface area contributed by atoms with Crippen LogP contribution < -0.4 is 14.9 Å². The first-order chi connectivity index (χ1) is 17.0. The van der Waals surface area contributed by atoms with E-state index in [1.54, 1.807) is 48.8 Å². The Labute approximate surface area is 208 Å². The topological polar surface area (TPSA) is 97.6 Å². The van der Waals surface area contributed by atoms with E-state index in [9.17, 15) is 14.9 Å². The van der Waals surface area contributed by atoms with Crippen LogP contribution in [0.25, 0.3) is 17.4 Å². The molecular formula is C26H19N3O4S2. The molecule has 0 fully saturated rings. The largest absolute Gasteiger partial charge is 0.463 e. The van der Waals surface area contributed by atoms with Crippen molar-refractivity contribution in [2.24, 2.45) is 4.99 Å². The van der Waals surface area contributed by atoms with E-state index >= 15 is 0 Å². The summed E-state index contributed by atoms with van der Waals surface area (Å²) in [6.07, 6.45) is 1.66. The molecule has 0 N–H and O–H groups in total. The van der Waals surface area contributed by atoms with Crippen molar-refractivity contribution in [1.82, 2.24) is 4.57 Å². The van der Waals surface area contributed by atoms with Crippen LogP contribution in [0.3, 0.4) is 0 Å². The van der Waals surface area contributed by atoms with Crippen LogP contribution in [0.4, 0.5) is 0 Å². The lowest BCUT2D eigenvalue weighted by Gasteiger charge is -2.23. The fourth-order valence-electron chi connectivity index (χ4n) is 4.01. The fraction of sp³-hybridized carbons (Fsp3) is 0.154. The van der Waals surface area contributed by atoms with Crippen molar-refractivity contribution >= 4 is 34.7 Å². The highest BCUT2D eigenvalue weighted by molar-refractivity contribution is 7.10. The molecule has 0 saturated carbocycles. The van der Waals surface area contributed by atoms with Crippen LogP contribution in [0.5, 0.6) is 0 Å². The number of thiazole rings is 1. The first-order valence-corrected chi connectivity index (χ1v) is 12.5. The molecule has 5 rings (SSSR count). The normalized spacial score (nSPS) is 15.5. The molecule has 1 atom stereocenters. The minimum absolute atomic E-state index is 0.229. The number of aromatic nitrogens is 1. The van der Waals surface area contributed by atoms with E-state index in [0.29, 0.717) is 43.3 Å². The van der Waals surface area contributed by atoms with Crippen molar-refractivity contribution in [1.29, 1.82) is 5.26 Å². The molecule has 0 amide bonds. The van der Waals surface area contributed by atoms with Gasteiger partial charge in [0.2, 0.25) is 0 Å². The molecule has 4 aromatic rings. The Balaban J connectivity index is 1.63. The third kappa shape index (κ3) is 4.07. The molecule has 7 nitrogen and oxygen atoms in total. The van der Waals surface area contributed by atoms with Crippen molar-refractivity contribution in [2.45, 2.75) is 19.9 Å². The van der Waals surface area contributed by atoms with E-state index in [1.807, 2.05) is 29.6 Å². The number of hydrogen-bond acceptors (Lipinski definition) is 8. The molecule has 3 aromatic heterocycles. The molecule has 1 unspecified atom stereocenters. The van der Waals surface area contributed by atoms with E-state index < -0.39 is 12.0 Å². The van der Waals surface area contributed by atoms with Crippen molar-refractivity contribution in [3.63, 3.8) is 0 Å². The minimum Gasteiger partial charge on any atom is -0.463 e. The van der Waals surface area contributed by atoms with E-state index in [2.05, 4.69) is 11.1 Å². The van der Waals surface area contributed by atoms with Crippen LogP contribution in [-0.4, -0.2) is 17.1 Å². The number of furan rings is 1. The summed E-state index contributed by atoms with van der Waals surface area (Å²) < 4.78 is 13.2. The molecule has 0 spiro atoms. The number of esters is 1. The average molecular weight is 502 g/mol. The summed E-state index contributed by atoms with van der Waals surface area (Å²) >= 11 is 2.70. The van der Waals surface area contributed by atoms with Crippen LogP contribution in [-0.2, 0) is 9.53 Å². The predicted octanol–water partition coefficient (Wildman–Crippen LogP) is 3.99. The summed E-state index contributed by atoms with van der Waals surface area (Å²) in [4.78, 5) is 32.3. The summed E-state index contributed by atoms with van der Waals surface area (Å²) in [5, 5.41) is 11.3. The summed E-state index contributed by atoms with van der Waals surface area (Å²) in [5.41, 5.74) is 1.82. The SMILES string of the molecule is CCOC(=O)C1=C(C)N=c2sc(=Cc3ccc(-c4ccccc4C#N)o3)c(=O)n2C1c1cccs1. The van der Waals surface area contributed by atoms with Crippen molar-refractivity contribution < 1.29 is 13.9 Å². The van der Waals surface area contributed by atoms with Gasteiger partial charge in [-0.05, 0) is 49.6 Å². The lowest BCUT2D eigenvalue weighted by atomic mass is 10.0. The van der Waals surface area contributed by atoms with Gasteiger partial charge in [-0.2, -0.15) is 5.26 Å². The average Bonchev–Trinajstić information content (AvgIpc) is 3.60. The molecule has 174 valence electrons. The Morgan fingerprint density at radius 3 is 2.83 bits per heavy atom. The Kier molecular flexibility index (Phi) is 6.07. The molecule has 0 aliphatic carbocycles. The third-order valence-corrected chi connectivity index (χ3v) is 7.45. The van der Waals surface area contributed by atoms with Gasteiger partial charge in [0, 0.05) is 16.5 Å². The van der Waals surface area contributed by atoms with Gasteiger partial charge in [-0.3, -0.25) is 9.36 Å². The van der Waals surface area contributed by atoms with Crippen LogP contribution >= 0.6 is 22.7 Å². The summed E-state index contributed by atoms with van der Waals surface area (Å²) in [6, 6.07) is 16.0. The number of nitrogens with zero attached hydrogens (tertiary/aromatic N) is 3. The number of thiophene rings is 1. The number of benzene rings is 1. The zero-order valence-corrected chi connectivity index (χ0v) is 20.5. The Bertz CT molecular complexity index is 1680. The van der Waals surface area contributed by atoms with Gasteiger partial charge in [-0.15, -0.1) is 11.3 Å². The monoisotopic (exact) mass is 501 g/mol. The molecule has 4 heterocycles. The van der Waals surface area contributed by atoms with Gasteiger partial charge in [0.1, 0.15) is 17.6 Å². The Morgan fingerprint density at radius 1 is 1.26 bits per heavy atom. The first-order valence-electron chi connectivity index (χ1n) is 10.8. The maximum atomic E-state index is 13.6. The number of fused-ring (bicyclic) bond motifs is 1. The summed E-state index contributed by atoms with van der Waals surface area (Å²) in [5.74, 6) is 0.540. The van der Waals surface area contributed by atoms with Crippen LogP contribution in [0.2, 0.25) is 0 Å². The zero-order valence-electron chi connectivity index (χ0n) is 18.8. The molecule has 1 aromatic carbocycles. The summed E-state index contributed by atoms with van der Waals surface area (Å²) in [6.45, 7) is 3.73. The summed E-state index contributed by atoms with van der Waals surface area (Å²) in [7, 11) is 0. The number of hydrogen-bond donors (Lipinski definition) is 0. The molecule has 9 heteroatoms. The number of allylic oxidation sites excluding steroid dienone is 1. The standard InChI is InChI=1S/C26H19N3O4S2/c1-3-32-25(31)22-15(2)28-26-29(23(22)20-9-6-12-34-20)24(30)21(35-26)13-17-10-11-19(33-17)18-8-5-4-7-16(18)14-27/h4-13,23H,3H2,1-2H3. The van der Waals surface area contributed by atoms with Crippen LogP contribution in [0.15, 0.2) is 79.4 Å². The van der Waals surface area contributed by atoms with Gasteiger partial charge < -0.3 is 9.15 Å². The second-order valence-corrected chi connectivity index (χ2v) is 9.67. The molecular weight excluding hydrogens is 482 g/mol. The maximum absolute atomic E-state index is 13.6. The van der Waals surface area contributed by atoms with E-state index in [1.165, 1.54) is 22.7 Å². The van der Waals surface area contributed by atoms with Gasteiger partial charge in [0.05, 0.1) is 34.0 Å². The number of rotatable bonds is 5. The van der Waals surface area contributed by atoms with Gasteiger partial charge in [0.25, 0.3) is 5.56 Å². The lowest BCUT2D eigenvalue weighted by molar-refractivity contribution is -0.139. The van der Waals surface area contributed by atoms with Crippen molar-refractivity contribution in [3.8, 4) is 17.4 Å². The fourth-order valence-corrected chi connectivity index (χ4v) is 5.86. The number of carbonyl (C=O) groups is 1. The second kappa shape index (κ2) is 9.33. The van der Waals surface area contributed by atoms with E-state index in [0.717, 1.165) is 4.88 Å². The Hall–Kier alpha value is -4.00. The molecule has 1 aliphatic rings. The third-order valence-electron chi connectivity index (χ3n) is 5.54. The van der Waals surface area contributed by atoms with Gasteiger partial charge in [0.15, 0.2) is 4.80 Å². The van der Waals surface area contributed by atoms with Crippen LogP contribution in [0, 0.1) is 11.3 Å². The molecule has 0 bridgehead atoms. The number of nitriles is 1. The van der Waals surface area contributed by atoms with E-state index in [-0.39, 0.29) is 12.2 Å². The van der Waals surface area contributed by atoms with Crippen molar-refractivity contribution in [2.75, 3.05) is 6.61 Å². The first kappa shape index (κ1) is 22.8. The van der Waals surface area contributed by atoms with Gasteiger partial charge in [-0.1, -0.05) is 29.5 Å². The predicted molar refractivity (Wildman–Crippen MR) is 134 cm³/mol. The second-order valence-electron chi connectivity index (χ2n) is 7.68. The minimum atomic E-state index is -0.609. The van der Waals surface area contributed by atoms with Crippen molar-refractivity contribution in [3.05, 3.63) is 101 Å². The number of carbonyl (C=O) groups excluding carboxylic acids is 1. The molecule has 0 saturated heterocycles. The van der Waals surface area contributed by atoms with E-state index in [4.69, 9.17) is 9.15 Å². The highest BCUT2D eigenvalue weighted by Gasteiger charge is 2.33. The Morgan fingerprint density at radius 2 is 2.09 bits per heavy atom. The lowest BCUT2D eigenvalue weighted by Crippen LogP contribution is -2.39. The molecule has 0 radical (unpaired) electrons. The molecule has 35 heavy (non-hydrogen) atoms. The van der Waals surface area contributed by atoms with Gasteiger partial charge in [-0.25, -0.2) is 9.79 Å². The zero-order chi connectivity index (χ0) is 24.5. The molecule has 1 aliphatic heterocycles. The quantitative estimate of drug-likeness (QED) is 0.385. The van der Waals surface area contributed by atoms with Crippen LogP contribution in [0.1, 0.15) is 36.1 Å². The highest BCUT2D eigenvalue weighted by atomic mass is 32.1. The smallest absolute Gasteiger partial charge is 0.338 e. The number of ether oxygens (including phenoxy) is 1. The highest BCUT2D eigenvalue weighted by Crippen LogP contribution is 2.33.